The van der Waals surface area contributed by atoms with E-state index in [1.165, 1.54) is 14.2 Å². The second-order valence-corrected chi connectivity index (χ2v) is 12.0. The molecule has 0 spiro atoms. The average Bonchev–Trinajstić information content (AvgIpc) is 3.10. The first kappa shape index (κ1) is 33.0. The number of aliphatic hydroxyl groups is 1. The number of anilines is 1. The van der Waals surface area contributed by atoms with Crippen LogP contribution < -0.4 is 14.4 Å². The van der Waals surface area contributed by atoms with Crippen LogP contribution >= 0.6 is 11.6 Å². The van der Waals surface area contributed by atoms with E-state index in [-0.39, 0.29) is 31.8 Å². The van der Waals surface area contributed by atoms with Crippen molar-refractivity contribution >= 4 is 34.9 Å². The molecule has 1 amide bonds. The van der Waals surface area contributed by atoms with Gasteiger partial charge in [-0.15, -0.1) is 0 Å². The van der Waals surface area contributed by atoms with Gasteiger partial charge in [0.05, 0.1) is 14.2 Å². The van der Waals surface area contributed by atoms with Crippen LogP contribution in [0.1, 0.15) is 66.3 Å². The SMILES string of the molecule is COc1cccc([C@H]2O[C@H](CC(=O)c3ccc(CCCC(=O)O)cc3)C(=O)N(CC(C)(C)CO)c3ccc(Cl)cc32)c1OC. The van der Waals surface area contributed by atoms with Crippen molar-refractivity contribution in [1.29, 1.82) is 0 Å². The van der Waals surface area contributed by atoms with Crippen LogP contribution in [0.3, 0.4) is 0 Å². The van der Waals surface area contributed by atoms with E-state index in [9.17, 15) is 19.5 Å². The minimum Gasteiger partial charge on any atom is -0.493 e. The van der Waals surface area contributed by atoms with Gasteiger partial charge in [-0.2, -0.15) is 0 Å². The van der Waals surface area contributed by atoms with Crippen molar-refractivity contribution in [3.63, 3.8) is 0 Å². The molecule has 0 aromatic heterocycles. The van der Waals surface area contributed by atoms with Crippen molar-refractivity contribution in [1.82, 2.24) is 0 Å². The molecule has 3 aromatic rings. The maximum Gasteiger partial charge on any atom is 0.303 e. The molecule has 0 saturated heterocycles. The highest BCUT2D eigenvalue weighted by Gasteiger charge is 2.40. The fourth-order valence-corrected chi connectivity index (χ4v) is 5.47. The number of ether oxygens (including phenoxy) is 3. The molecule has 0 unspecified atom stereocenters. The Bertz CT molecular complexity index is 1500. The molecule has 2 atom stereocenters. The molecule has 0 aliphatic carbocycles. The summed E-state index contributed by atoms with van der Waals surface area (Å²) in [6, 6.07) is 17.5. The number of benzene rings is 3. The normalized spacial score (nSPS) is 16.7. The summed E-state index contributed by atoms with van der Waals surface area (Å²) in [7, 11) is 3.05. The molecule has 0 saturated carbocycles. The van der Waals surface area contributed by atoms with Gasteiger partial charge < -0.3 is 29.3 Å². The molecule has 4 rings (SSSR count). The summed E-state index contributed by atoms with van der Waals surface area (Å²) in [6.07, 6.45) is -1.14. The van der Waals surface area contributed by atoms with Crippen molar-refractivity contribution in [3.8, 4) is 11.5 Å². The fourth-order valence-electron chi connectivity index (χ4n) is 5.29. The van der Waals surface area contributed by atoms with E-state index in [1.807, 2.05) is 19.9 Å². The molecule has 9 nitrogen and oxygen atoms in total. The van der Waals surface area contributed by atoms with Gasteiger partial charge >= 0.3 is 5.97 Å². The summed E-state index contributed by atoms with van der Waals surface area (Å²) >= 11 is 6.48. The third kappa shape index (κ3) is 7.59. The predicted octanol–water partition coefficient (Wildman–Crippen LogP) is 5.88. The number of hydrogen-bond acceptors (Lipinski definition) is 7. The molecule has 234 valence electrons. The van der Waals surface area contributed by atoms with Crippen LogP contribution in [-0.2, 0) is 20.7 Å². The van der Waals surface area contributed by atoms with Gasteiger partial charge in [0, 0.05) is 58.8 Å². The topological polar surface area (TPSA) is 123 Å². The summed E-state index contributed by atoms with van der Waals surface area (Å²) in [6.45, 7) is 3.69. The second kappa shape index (κ2) is 14.2. The van der Waals surface area contributed by atoms with Crippen molar-refractivity contribution in [2.45, 2.75) is 51.7 Å². The molecule has 0 radical (unpaired) electrons. The molecule has 10 heteroatoms. The molecule has 1 heterocycles. The number of methoxy groups -OCH3 is 2. The molecular weight excluding hydrogens is 586 g/mol. The summed E-state index contributed by atoms with van der Waals surface area (Å²) in [5, 5.41) is 19.4. The highest BCUT2D eigenvalue weighted by Crippen LogP contribution is 2.45. The first-order valence-electron chi connectivity index (χ1n) is 14.4. The Morgan fingerprint density at radius 2 is 1.75 bits per heavy atom. The second-order valence-electron chi connectivity index (χ2n) is 11.6. The quantitative estimate of drug-likeness (QED) is 0.226. The van der Waals surface area contributed by atoms with Gasteiger partial charge in [-0.3, -0.25) is 14.4 Å². The number of nitrogens with zero attached hydrogens (tertiary/aromatic N) is 1. The van der Waals surface area contributed by atoms with Crippen molar-refractivity contribution < 1.29 is 38.8 Å². The minimum atomic E-state index is -1.18. The monoisotopic (exact) mass is 623 g/mol. The Labute approximate surface area is 262 Å². The number of ketones is 1. The van der Waals surface area contributed by atoms with Gasteiger partial charge in [-0.25, -0.2) is 0 Å². The fraction of sp³-hybridized carbons (Fsp3) is 0.382. The van der Waals surface area contributed by atoms with Gasteiger partial charge in [0.25, 0.3) is 5.91 Å². The molecule has 0 fully saturated rings. The minimum absolute atomic E-state index is 0.0677. The number of carboxylic acid groups (broad SMARTS) is 1. The van der Waals surface area contributed by atoms with Crippen LogP contribution in [0.15, 0.2) is 60.7 Å². The Morgan fingerprint density at radius 1 is 1.02 bits per heavy atom. The lowest BCUT2D eigenvalue weighted by molar-refractivity contribution is -0.137. The summed E-state index contributed by atoms with van der Waals surface area (Å²) < 4.78 is 17.8. The highest BCUT2D eigenvalue weighted by atomic mass is 35.5. The third-order valence-corrected chi connectivity index (χ3v) is 7.87. The highest BCUT2D eigenvalue weighted by molar-refractivity contribution is 6.30. The van der Waals surface area contributed by atoms with Gasteiger partial charge in [-0.05, 0) is 42.7 Å². The van der Waals surface area contributed by atoms with E-state index in [1.54, 1.807) is 59.5 Å². The number of rotatable bonds is 13. The van der Waals surface area contributed by atoms with E-state index in [0.717, 1.165) is 5.56 Å². The number of aliphatic carboxylic acids is 1. The summed E-state index contributed by atoms with van der Waals surface area (Å²) in [4.78, 5) is 40.3. The first-order valence-corrected chi connectivity index (χ1v) is 14.8. The molecule has 2 N–H and O–H groups in total. The smallest absolute Gasteiger partial charge is 0.303 e. The lowest BCUT2D eigenvalue weighted by Crippen LogP contribution is -2.45. The molecule has 44 heavy (non-hydrogen) atoms. The number of amides is 1. The molecule has 0 bridgehead atoms. The zero-order chi connectivity index (χ0) is 32.0. The Kier molecular flexibility index (Phi) is 10.7. The van der Waals surface area contributed by atoms with E-state index in [4.69, 9.17) is 30.9 Å². The van der Waals surface area contributed by atoms with Crippen molar-refractivity contribution in [2.75, 3.05) is 32.3 Å². The number of aliphatic hydroxyl groups excluding tert-OH is 1. The number of halogens is 1. The maximum atomic E-state index is 14.3. The molecule has 3 aromatic carbocycles. The maximum absolute atomic E-state index is 14.3. The largest absolute Gasteiger partial charge is 0.493 e. The number of carboxylic acids is 1. The first-order chi connectivity index (χ1) is 21.0. The summed E-state index contributed by atoms with van der Waals surface area (Å²) in [5.41, 5.74) is 2.41. The standard InChI is InChI=1S/C34H38ClNO8/c1-34(2,20-37)19-36-26-16-15-23(35)17-25(26)31(24-8-6-9-28(42-3)32(24)43-4)44-29(33(36)41)18-27(38)22-13-11-21(12-14-22)7-5-10-30(39)40/h6,8-9,11-17,29,31,37H,5,7,10,18-20H2,1-4H3,(H,39,40)/t29-,31-/m1/s1. The van der Waals surface area contributed by atoms with Gasteiger partial charge in [0.15, 0.2) is 17.3 Å². The van der Waals surface area contributed by atoms with E-state index in [2.05, 4.69) is 0 Å². The molecular formula is C34H38ClNO8. The Morgan fingerprint density at radius 3 is 2.39 bits per heavy atom. The predicted molar refractivity (Wildman–Crippen MR) is 167 cm³/mol. The van der Waals surface area contributed by atoms with Crippen LogP contribution in [0.2, 0.25) is 5.02 Å². The van der Waals surface area contributed by atoms with E-state index in [0.29, 0.717) is 51.7 Å². The Balaban J connectivity index is 1.75. The van der Waals surface area contributed by atoms with Crippen molar-refractivity contribution in [2.24, 2.45) is 5.41 Å². The summed E-state index contributed by atoms with van der Waals surface area (Å²) in [5.74, 6) is -0.663. The zero-order valence-corrected chi connectivity index (χ0v) is 26.1. The van der Waals surface area contributed by atoms with E-state index < -0.39 is 29.5 Å². The van der Waals surface area contributed by atoms with Gasteiger partial charge in [0.2, 0.25) is 0 Å². The number of Topliss-reactive ketones (excluding diaryl/α,β-unsaturated/α-hetero) is 1. The zero-order valence-electron chi connectivity index (χ0n) is 25.3. The van der Waals surface area contributed by atoms with Crippen molar-refractivity contribution in [3.05, 3.63) is 87.9 Å². The van der Waals surface area contributed by atoms with Crippen LogP contribution in [0.5, 0.6) is 11.5 Å². The Hall–Kier alpha value is -3.92. The number of para-hydroxylation sites is 1. The number of hydrogen-bond donors (Lipinski definition) is 2. The van der Waals surface area contributed by atoms with Crippen LogP contribution in [0.25, 0.3) is 0 Å². The number of carbonyl (C=O) groups is 3. The van der Waals surface area contributed by atoms with Crippen LogP contribution in [0.4, 0.5) is 5.69 Å². The lowest BCUT2D eigenvalue weighted by atomic mass is 9.92. The van der Waals surface area contributed by atoms with Crippen LogP contribution in [0, 0.1) is 5.41 Å². The number of fused-ring (bicyclic) bond motifs is 1. The number of carbonyl (C=O) groups excluding carboxylic acids is 2. The lowest BCUT2D eigenvalue weighted by Gasteiger charge is -2.32. The molecule has 1 aliphatic heterocycles. The van der Waals surface area contributed by atoms with E-state index >= 15 is 0 Å². The average molecular weight is 624 g/mol. The van der Waals surface area contributed by atoms with Gasteiger partial charge in [-0.1, -0.05) is 61.8 Å². The van der Waals surface area contributed by atoms with Crippen LogP contribution in [-0.4, -0.2) is 61.3 Å². The van der Waals surface area contributed by atoms with Gasteiger partial charge in [0.1, 0.15) is 12.2 Å². The third-order valence-electron chi connectivity index (χ3n) is 7.64. The number of aryl methyl sites for hydroxylation is 1. The molecule has 1 aliphatic rings.